The lowest BCUT2D eigenvalue weighted by atomic mass is 9.90. The van der Waals surface area contributed by atoms with E-state index in [9.17, 15) is 4.79 Å². The van der Waals surface area contributed by atoms with Crippen molar-refractivity contribution in [1.82, 2.24) is 9.97 Å². The molecular formula is C25H39N3O4. The summed E-state index contributed by atoms with van der Waals surface area (Å²) in [4.78, 5) is 24.4. The van der Waals surface area contributed by atoms with Crippen LogP contribution in [-0.4, -0.2) is 53.9 Å². The average molecular weight is 446 g/mol. The number of nitrogens with zero attached hydrogens (tertiary/aromatic N) is 3. The predicted octanol–water partition coefficient (Wildman–Crippen LogP) is 4.78. The molecule has 1 aliphatic heterocycles. The first-order valence-electron chi connectivity index (χ1n) is 12.6. The fourth-order valence-corrected chi connectivity index (χ4v) is 4.99. The zero-order chi connectivity index (χ0) is 22.6. The van der Waals surface area contributed by atoms with Crippen LogP contribution in [0.1, 0.15) is 96.2 Å². The molecule has 3 aliphatic rings. The first-order valence-corrected chi connectivity index (χ1v) is 12.6. The van der Waals surface area contributed by atoms with Crippen LogP contribution < -0.4 is 9.64 Å². The Morgan fingerprint density at radius 2 is 1.69 bits per heavy atom. The Morgan fingerprint density at radius 1 is 1.03 bits per heavy atom. The zero-order valence-corrected chi connectivity index (χ0v) is 20.0. The van der Waals surface area contributed by atoms with E-state index in [1.54, 1.807) is 0 Å². The molecule has 0 amide bonds. The molecule has 2 saturated carbocycles. The quantitative estimate of drug-likeness (QED) is 0.559. The lowest BCUT2D eigenvalue weighted by Gasteiger charge is -2.34. The molecule has 0 radical (unpaired) electrons. The topological polar surface area (TPSA) is 73.8 Å². The van der Waals surface area contributed by atoms with Crippen molar-refractivity contribution < 1.29 is 19.0 Å². The first-order chi connectivity index (χ1) is 15.5. The molecule has 1 saturated heterocycles. The van der Waals surface area contributed by atoms with Gasteiger partial charge in [-0.3, -0.25) is 0 Å². The number of rotatable bonds is 7. The van der Waals surface area contributed by atoms with Crippen molar-refractivity contribution in [2.24, 2.45) is 0 Å². The highest BCUT2D eigenvalue weighted by Gasteiger charge is 2.54. The molecule has 2 aliphatic carbocycles. The van der Waals surface area contributed by atoms with Crippen LogP contribution >= 0.6 is 0 Å². The van der Waals surface area contributed by atoms with Gasteiger partial charge in [-0.2, -0.15) is 4.98 Å². The number of aromatic nitrogens is 2. The van der Waals surface area contributed by atoms with Crippen LogP contribution in [0.2, 0.25) is 0 Å². The maximum atomic E-state index is 12.3. The van der Waals surface area contributed by atoms with Crippen LogP contribution in [0, 0.1) is 0 Å². The van der Waals surface area contributed by atoms with Crippen molar-refractivity contribution in [1.29, 1.82) is 0 Å². The number of carbonyl (C=O) groups excluding carboxylic acids is 1. The highest BCUT2D eigenvalue weighted by atomic mass is 16.6. The van der Waals surface area contributed by atoms with Crippen LogP contribution in [0.5, 0.6) is 5.88 Å². The SMILES string of the molecule is COC(=O)C1(Oc2cc(N3CCC(OC(C)C)CC3)nc(C3CCCCCCC3)n2)CC1. The van der Waals surface area contributed by atoms with Crippen LogP contribution in [0.25, 0.3) is 0 Å². The summed E-state index contributed by atoms with van der Waals surface area (Å²) in [5, 5.41) is 0. The van der Waals surface area contributed by atoms with Crippen molar-refractivity contribution in [3.8, 4) is 5.88 Å². The van der Waals surface area contributed by atoms with Gasteiger partial charge in [0, 0.05) is 37.9 Å². The number of hydrogen-bond donors (Lipinski definition) is 0. The summed E-state index contributed by atoms with van der Waals surface area (Å²) in [6, 6.07) is 1.92. The standard InChI is InChI=1S/C25H39N3O4/c1-18(2)31-20-11-15-28(16-12-20)21-17-22(32-25(13-14-25)24(29)30-3)27-23(26-21)19-9-7-5-4-6-8-10-19/h17-20H,4-16H2,1-3H3. The monoisotopic (exact) mass is 445 g/mol. The van der Waals surface area contributed by atoms with Crippen molar-refractivity contribution in [2.45, 2.75) is 108 Å². The molecule has 0 spiro atoms. The van der Waals surface area contributed by atoms with Crippen molar-refractivity contribution in [2.75, 3.05) is 25.1 Å². The largest absolute Gasteiger partial charge is 0.466 e. The lowest BCUT2D eigenvalue weighted by molar-refractivity contribution is -0.151. The number of anilines is 1. The Morgan fingerprint density at radius 3 is 2.28 bits per heavy atom. The van der Waals surface area contributed by atoms with Crippen molar-refractivity contribution in [3.63, 3.8) is 0 Å². The molecule has 7 nitrogen and oxygen atoms in total. The number of methoxy groups -OCH3 is 1. The van der Waals surface area contributed by atoms with E-state index in [1.165, 1.54) is 39.2 Å². The molecule has 32 heavy (non-hydrogen) atoms. The van der Waals surface area contributed by atoms with Gasteiger partial charge in [0.25, 0.3) is 0 Å². The van der Waals surface area contributed by atoms with Gasteiger partial charge in [0.2, 0.25) is 11.5 Å². The average Bonchev–Trinajstić information content (AvgIpc) is 3.53. The van der Waals surface area contributed by atoms with Gasteiger partial charge in [-0.25, -0.2) is 9.78 Å². The van der Waals surface area contributed by atoms with E-state index in [-0.39, 0.29) is 12.1 Å². The van der Waals surface area contributed by atoms with E-state index >= 15 is 0 Å². The zero-order valence-electron chi connectivity index (χ0n) is 20.0. The molecule has 0 aromatic carbocycles. The lowest BCUT2D eigenvalue weighted by Crippen LogP contribution is -2.38. The van der Waals surface area contributed by atoms with Gasteiger partial charge >= 0.3 is 5.97 Å². The fraction of sp³-hybridized carbons (Fsp3) is 0.800. The smallest absolute Gasteiger partial charge is 0.350 e. The van der Waals surface area contributed by atoms with Gasteiger partial charge in [0.05, 0.1) is 19.3 Å². The second kappa shape index (κ2) is 10.4. The summed E-state index contributed by atoms with van der Waals surface area (Å²) in [5.41, 5.74) is -0.864. The molecule has 0 unspecified atom stereocenters. The number of carbonyl (C=O) groups is 1. The molecule has 0 N–H and O–H groups in total. The summed E-state index contributed by atoms with van der Waals surface area (Å²) in [5.74, 6) is 2.34. The molecule has 3 fully saturated rings. The second-order valence-corrected chi connectivity index (χ2v) is 9.92. The second-order valence-electron chi connectivity index (χ2n) is 9.92. The highest BCUT2D eigenvalue weighted by molar-refractivity contribution is 5.83. The van der Waals surface area contributed by atoms with E-state index in [0.29, 0.717) is 30.7 Å². The molecule has 178 valence electrons. The van der Waals surface area contributed by atoms with Gasteiger partial charge in [-0.15, -0.1) is 0 Å². The molecule has 2 heterocycles. The highest BCUT2D eigenvalue weighted by Crippen LogP contribution is 2.42. The fourth-order valence-electron chi connectivity index (χ4n) is 4.99. The Kier molecular flexibility index (Phi) is 7.54. The van der Waals surface area contributed by atoms with Gasteiger partial charge in [0.1, 0.15) is 11.6 Å². The van der Waals surface area contributed by atoms with Crippen molar-refractivity contribution >= 4 is 11.8 Å². The molecule has 0 bridgehead atoms. The minimum Gasteiger partial charge on any atom is -0.466 e. The third kappa shape index (κ3) is 5.72. The van der Waals surface area contributed by atoms with Gasteiger partial charge < -0.3 is 19.1 Å². The third-order valence-electron chi connectivity index (χ3n) is 6.97. The predicted molar refractivity (Wildman–Crippen MR) is 123 cm³/mol. The van der Waals surface area contributed by atoms with Gasteiger partial charge in [0.15, 0.2) is 0 Å². The summed E-state index contributed by atoms with van der Waals surface area (Å²) in [6.07, 6.45) is 12.5. The molecule has 0 atom stereocenters. The third-order valence-corrected chi connectivity index (χ3v) is 6.97. The molecule has 1 aromatic rings. The Labute approximate surface area is 192 Å². The summed E-state index contributed by atoms with van der Waals surface area (Å²) in [6.45, 7) is 5.99. The van der Waals surface area contributed by atoms with Crippen LogP contribution in [0.4, 0.5) is 5.82 Å². The van der Waals surface area contributed by atoms with Crippen LogP contribution in [-0.2, 0) is 14.3 Å². The van der Waals surface area contributed by atoms with Crippen LogP contribution in [0.15, 0.2) is 6.07 Å². The number of esters is 1. The Bertz CT molecular complexity index is 764. The van der Waals surface area contributed by atoms with Crippen molar-refractivity contribution in [3.05, 3.63) is 11.9 Å². The molecular weight excluding hydrogens is 406 g/mol. The normalized spacial score (nSPS) is 22.3. The minimum absolute atomic E-state index is 0.254. The van der Waals surface area contributed by atoms with E-state index in [1.807, 2.05) is 6.07 Å². The van der Waals surface area contributed by atoms with E-state index in [0.717, 1.165) is 50.4 Å². The number of hydrogen-bond acceptors (Lipinski definition) is 7. The Hall–Kier alpha value is -1.89. The molecule has 7 heteroatoms. The maximum Gasteiger partial charge on any atom is 0.350 e. The van der Waals surface area contributed by atoms with E-state index < -0.39 is 5.60 Å². The number of ether oxygens (including phenoxy) is 3. The first kappa shape index (κ1) is 23.3. The Balaban J connectivity index is 1.55. The summed E-state index contributed by atoms with van der Waals surface area (Å²) in [7, 11) is 1.42. The van der Waals surface area contributed by atoms with Crippen LogP contribution in [0.3, 0.4) is 0 Å². The number of piperidine rings is 1. The van der Waals surface area contributed by atoms with Gasteiger partial charge in [-0.1, -0.05) is 32.1 Å². The maximum absolute atomic E-state index is 12.3. The van der Waals surface area contributed by atoms with Gasteiger partial charge in [-0.05, 0) is 39.5 Å². The minimum atomic E-state index is -0.864. The summed E-state index contributed by atoms with van der Waals surface area (Å²) >= 11 is 0. The van der Waals surface area contributed by atoms with E-state index in [2.05, 4.69) is 18.7 Å². The summed E-state index contributed by atoms with van der Waals surface area (Å²) < 4.78 is 17.2. The molecule has 1 aromatic heterocycles. The van der Waals surface area contributed by atoms with E-state index in [4.69, 9.17) is 24.2 Å². The molecule has 4 rings (SSSR count).